The van der Waals surface area contributed by atoms with Crippen LogP contribution in [0.4, 0.5) is 0 Å². The van der Waals surface area contributed by atoms with Crippen LogP contribution in [0.3, 0.4) is 0 Å². The van der Waals surface area contributed by atoms with E-state index in [1.54, 1.807) is 0 Å². The number of halogens is 2. The number of aromatic nitrogens is 1. The Hall–Kier alpha value is -0.360. The second kappa shape index (κ2) is 4.58. The predicted molar refractivity (Wildman–Crippen MR) is 73.8 cm³/mol. The van der Waals surface area contributed by atoms with Crippen molar-refractivity contribution < 1.29 is 8.42 Å². The Morgan fingerprint density at radius 2 is 2.05 bits per heavy atom. The summed E-state index contributed by atoms with van der Waals surface area (Å²) in [5, 5.41) is 0.255. The number of sulfonamides is 1. The van der Waals surface area contributed by atoms with Gasteiger partial charge in [0.2, 0.25) is 10.0 Å². The second-order valence-electron chi connectivity index (χ2n) is 5.40. The summed E-state index contributed by atoms with van der Waals surface area (Å²) in [6, 6.07) is 1.33. The monoisotopic (exact) mass is 320 g/mol. The van der Waals surface area contributed by atoms with Crippen LogP contribution in [-0.4, -0.2) is 19.9 Å². The lowest BCUT2D eigenvalue weighted by atomic mass is 10.0. The topological polar surface area (TPSA) is 59.1 Å². The van der Waals surface area contributed by atoms with Crippen LogP contribution in [0.25, 0.3) is 0 Å². The summed E-state index contributed by atoms with van der Waals surface area (Å²) >= 11 is 11.5. The van der Waals surface area contributed by atoms with Crippen molar-refractivity contribution in [1.82, 2.24) is 9.71 Å². The number of hydrogen-bond acceptors (Lipinski definition) is 3. The largest absolute Gasteiger partial charge is 0.242 e. The zero-order chi connectivity index (χ0) is 13.7. The minimum absolute atomic E-state index is 0.0634. The van der Waals surface area contributed by atoms with Crippen molar-refractivity contribution in [3.05, 3.63) is 22.4 Å². The van der Waals surface area contributed by atoms with E-state index in [1.165, 1.54) is 25.1 Å². The molecule has 19 heavy (non-hydrogen) atoms. The van der Waals surface area contributed by atoms with Crippen molar-refractivity contribution in [1.29, 1.82) is 0 Å². The molecule has 1 heterocycles. The maximum Gasteiger partial charge on any atom is 0.242 e. The molecule has 0 amide bonds. The Kier molecular flexibility index (Phi) is 3.29. The molecule has 2 saturated carbocycles. The fourth-order valence-electron chi connectivity index (χ4n) is 2.46. The maximum absolute atomic E-state index is 12.2. The first-order valence-corrected chi connectivity index (χ1v) is 8.48. The highest BCUT2D eigenvalue weighted by Gasteiger charge is 2.53. The van der Waals surface area contributed by atoms with Crippen LogP contribution in [-0.2, 0) is 10.0 Å². The molecular formula is C12H14Cl2N2O2S. The van der Waals surface area contributed by atoms with Gasteiger partial charge in [-0.05, 0) is 43.1 Å². The first-order chi connectivity index (χ1) is 8.93. The van der Waals surface area contributed by atoms with Crippen LogP contribution in [0.15, 0.2) is 17.2 Å². The molecule has 0 radical (unpaired) electrons. The molecule has 0 saturated heterocycles. The summed E-state index contributed by atoms with van der Waals surface area (Å²) < 4.78 is 27.0. The van der Waals surface area contributed by atoms with Gasteiger partial charge in [-0.3, -0.25) is 0 Å². The highest BCUT2D eigenvalue weighted by molar-refractivity contribution is 7.89. The van der Waals surface area contributed by atoms with Gasteiger partial charge < -0.3 is 0 Å². The van der Waals surface area contributed by atoms with Crippen molar-refractivity contribution in [3.63, 3.8) is 0 Å². The van der Waals surface area contributed by atoms with Gasteiger partial charge in [-0.2, -0.15) is 0 Å². The normalized spacial score (nSPS) is 21.4. The summed E-state index contributed by atoms with van der Waals surface area (Å²) in [7, 11) is -3.55. The van der Waals surface area contributed by atoms with Gasteiger partial charge in [0.1, 0.15) is 10.0 Å². The Morgan fingerprint density at radius 3 is 2.58 bits per heavy atom. The number of rotatable bonds is 5. The first kappa shape index (κ1) is 13.6. The van der Waals surface area contributed by atoms with E-state index < -0.39 is 10.0 Å². The van der Waals surface area contributed by atoms with E-state index in [-0.39, 0.29) is 20.5 Å². The number of hydrogen-bond donors (Lipinski definition) is 1. The molecule has 104 valence electrons. The maximum atomic E-state index is 12.2. The highest BCUT2D eigenvalue weighted by Crippen LogP contribution is 2.60. The van der Waals surface area contributed by atoms with Crippen molar-refractivity contribution in [2.24, 2.45) is 11.3 Å². The van der Waals surface area contributed by atoms with Crippen LogP contribution in [0.1, 0.15) is 25.7 Å². The minimum Gasteiger partial charge on any atom is -0.242 e. The molecule has 0 spiro atoms. The molecular weight excluding hydrogens is 307 g/mol. The first-order valence-electron chi connectivity index (χ1n) is 6.24. The molecule has 1 N–H and O–H groups in total. The fraction of sp³-hybridized carbons (Fsp3) is 0.583. The van der Waals surface area contributed by atoms with Crippen LogP contribution in [0.5, 0.6) is 0 Å². The summed E-state index contributed by atoms with van der Waals surface area (Å²) in [5.74, 6) is 0.710. The third kappa shape index (κ3) is 2.75. The highest BCUT2D eigenvalue weighted by atomic mass is 35.5. The van der Waals surface area contributed by atoms with E-state index in [2.05, 4.69) is 9.71 Å². The summed E-state index contributed by atoms with van der Waals surface area (Å²) in [6.45, 7) is 0.514. The van der Waals surface area contributed by atoms with E-state index in [4.69, 9.17) is 23.2 Å². The summed E-state index contributed by atoms with van der Waals surface area (Å²) in [5.41, 5.74) is 0.219. The molecule has 1 aromatic rings. The van der Waals surface area contributed by atoms with Gasteiger partial charge in [-0.1, -0.05) is 23.2 Å². The standard InChI is InChI=1S/C12H14Cl2N2O2S/c13-10-5-9(6-15-11(10)14)19(17,18)16-7-12(3-4-12)8-1-2-8/h5-6,8,16H,1-4,7H2. The van der Waals surface area contributed by atoms with Crippen LogP contribution in [0.2, 0.25) is 10.2 Å². The SMILES string of the molecule is O=S(=O)(NCC1(C2CC2)CC1)c1cnc(Cl)c(Cl)c1. The van der Waals surface area contributed by atoms with Gasteiger partial charge in [0, 0.05) is 12.7 Å². The van der Waals surface area contributed by atoms with Crippen LogP contribution >= 0.6 is 23.2 Å². The lowest BCUT2D eigenvalue weighted by Crippen LogP contribution is -2.31. The molecule has 0 aromatic carbocycles. The molecule has 2 aliphatic carbocycles. The Bertz CT molecular complexity index is 610. The third-order valence-electron chi connectivity index (χ3n) is 4.03. The van der Waals surface area contributed by atoms with E-state index >= 15 is 0 Å². The summed E-state index contributed by atoms with van der Waals surface area (Å²) in [6.07, 6.45) is 5.94. The molecule has 0 aliphatic heterocycles. The second-order valence-corrected chi connectivity index (χ2v) is 7.94. The molecule has 2 aliphatic rings. The van der Waals surface area contributed by atoms with E-state index in [9.17, 15) is 8.42 Å². The Morgan fingerprint density at radius 1 is 1.37 bits per heavy atom. The van der Waals surface area contributed by atoms with Gasteiger partial charge in [0.25, 0.3) is 0 Å². The quantitative estimate of drug-likeness (QED) is 0.849. The Labute approximate surface area is 122 Å². The zero-order valence-electron chi connectivity index (χ0n) is 10.2. The molecule has 0 unspecified atom stereocenters. The summed E-state index contributed by atoms with van der Waals surface area (Å²) in [4.78, 5) is 3.83. The van der Waals surface area contributed by atoms with Gasteiger partial charge in [-0.15, -0.1) is 0 Å². The van der Waals surface area contributed by atoms with E-state index in [0.29, 0.717) is 12.5 Å². The van der Waals surface area contributed by atoms with Gasteiger partial charge in [0.15, 0.2) is 0 Å². The smallest absolute Gasteiger partial charge is 0.242 e. The average molecular weight is 321 g/mol. The lowest BCUT2D eigenvalue weighted by molar-refractivity contribution is 0.432. The number of pyridine rings is 1. The molecule has 3 rings (SSSR count). The minimum atomic E-state index is -3.55. The van der Waals surface area contributed by atoms with Gasteiger partial charge in [0.05, 0.1) is 5.02 Å². The van der Waals surface area contributed by atoms with Gasteiger partial charge in [-0.25, -0.2) is 18.1 Å². The predicted octanol–water partition coefficient (Wildman–Crippen LogP) is 2.86. The van der Waals surface area contributed by atoms with Gasteiger partial charge >= 0.3 is 0 Å². The van der Waals surface area contributed by atoms with Crippen molar-refractivity contribution in [2.75, 3.05) is 6.54 Å². The van der Waals surface area contributed by atoms with Crippen LogP contribution in [0, 0.1) is 11.3 Å². The van der Waals surface area contributed by atoms with E-state index in [0.717, 1.165) is 12.8 Å². The third-order valence-corrected chi connectivity index (χ3v) is 6.09. The average Bonchev–Trinajstić information content (AvgIpc) is 3.23. The molecule has 2 fully saturated rings. The van der Waals surface area contributed by atoms with Crippen LogP contribution < -0.4 is 4.72 Å². The molecule has 0 bridgehead atoms. The molecule has 4 nitrogen and oxygen atoms in total. The fourth-order valence-corrected chi connectivity index (χ4v) is 3.90. The molecule has 1 aromatic heterocycles. The number of nitrogens with one attached hydrogen (secondary N) is 1. The zero-order valence-corrected chi connectivity index (χ0v) is 12.5. The number of nitrogens with zero attached hydrogens (tertiary/aromatic N) is 1. The Balaban J connectivity index is 1.73. The lowest BCUT2D eigenvalue weighted by Gasteiger charge is -2.15. The van der Waals surface area contributed by atoms with Crippen molar-refractivity contribution in [3.8, 4) is 0 Å². The van der Waals surface area contributed by atoms with E-state index in [1.807, 2.05) is 0 Å². The molecule has 7 heteroatoms. The van der Waals surface area contributed by atoms with Crippen molar-refractivity contribution in [2.45, 2.75) is 30.6 Å². The van der Waals surface area contributed by atoms with Crippen molar-refractivity contribution >= 4 is 33.2 Å². The molecule has 0 atom stereocenters.